The van der Waals surface area contributed by atoms with Crippen LogP contribution in [0.25, 0.3) is 0 Å². The fraction of sp³-hybridized carbons (Fsp3) is 0.391. The smallest absolute Gasteiger partial charge is 0.261 e. The van der Waals surface area contributed by atoms with Gasteiger partial charge in [-0.3, -0.25) is 9.59 Å². The maximum atomic E-state index is 13.1. The molecule has 0 unspecified atom stereocenters. The highest BCUT2D eigenvalue weighted by Crippen LogP contribution is 2.24. The Hall–Kier alpha value is -2.24. The van der Waals surface area contributed by atoms with Crippen LogP contribution in [-0.2, 0) is 16.1 Å². The number of benzene rings is 2. The SMILES string of the molecule is CC[C@@H](C(=O)NCC(C)C)N(Cc1ccc(Cl)cc1Cl)C(=O)COc1ccccc1. The Morgan fingerprint density at radius 2 is 1.80 bits per heavy atom. The minimum atomic E-state index is -0.637. The molecule has 2 rings (SSSR count). The second kappa shape index (κ2) is 11.8. The summed E-state index contributed by atoms with van der Waals surface area (Å²) < 4.78 is 5.63. The van der Waals surface area contributed by atoms with Crippen LogP contribution in [0.5, 0.6) is 5.75 Å². The maximum absolute atomic E-state index is 13.1. The summed E-state index contributed by atoms with van der Waals surface area (Å²) in [7, 11) is 0. The molecule has 1 atom stereocenters. The minimum absolute atomic E-state index is 0.177. The lowest BCUT2D eigenvalue weighted by Gasteiger charge is -2.31. The molecule has 0 spiro atoms. The van der Waals surface area contributed by atoms with E-state index in [1.807, 2.05) is 39.0 Å². The Morgan fingerprint density at radius 3 is 2.40 bits per heavy atom. The van der Waals surface area contributed by atoms with Crippen LogP contribution >= 0.6 is 23.2 Å². The van der Waals surface area contributed by atoms with Gasteiger partial charge in [0.05, 0.1) is 0 Å². The summed E-state index contributed by atoms with van der Waals surface area (Å²) in [6, 6.07) is 13.6. The molecule has 0 aromatic heterocycles. The number of hydrogen-bond donors (Lipinski definition) is 1. The van der Waals surface area contributed by atoms with E-state index < -0.39 is 6.04 Å². The van der Waals surface area contributed by atoms with Crippen LogP contribution < -0.4 is 10.1 Å². The average Bonchev–Trinajstić information content (AvgIpc) is 2.72. The zero-order valence-electron chi connectivity index (χ0n) is 17.5. The van der Waals surface area contributed by atoms with E-state index in [0.29, 0.717) is 40.2 Å². The van der Waals surface area contributed by atoms with Gasteiger partial charge in [-0.2, -0.15) is 0 Å². The molecule has 30 heavy (non-hydrogen) atoms. The van der Waals surface area contributed by atoms with Gasteiger partial charge in [-0.05, 0) is 42.2 Å². The van der Waals surface area contributed by atoms with Gasteiger partial charge in [0, 0.05) is 23.1 Å². The Kier molecular flexibility index (Phi) is 9.47. The van der Waals surface area contributed by atoms with Crippen LogP contribution in [0.1, 0.15) is 32.8 Å². The number of carbonyl (C=O) groups excluding carboxylic acids is 2. The van der Waals surface area contributed by atoms with Gasteiger partial charge in [-0.15, -0.1) is 0 Å². The number of nitrogens with zero attached hydrogens (tertiary/aromatic N) is 1. The van der Waals surface area contributed by atoms with Crippen molar-refractivity contribution in [1.82, 2.24) is 10.2 Å². The Balaban J connectivity index is 2.22. The molecule has 0 bridgehead atoms. The molecule has 0 aliphatic heterocycles. The van der Waals surface area contributed by atoms with Gasteiger partial charge in [0.25, 0.3) is 5.91 Å². The van der Waals surface area contributed by atoms with Crippen LogP contribution in [0.4, 0.5) is 0 Å². The second-order valence-electron chi connectivity index (χ2n) is 7.42. The number of carbonyl (C=O) groups is 2. The first-order valence-electron chi connectivity index (χ1n) is 10.0. The van der Waals surface area contributed by atoms with Crippen LogP contribution in [0.15, 0.2) is 48.5 Å². The Bertz CT molecular complexity index is 844. The quantitative estimate of drug-likeness (QED) is 0.556. The number of nitrogens with one attached hydrogen (secondary N) is 1. The van der Waals surface area contributed by atoms with Crippen LogP contribution in [0.2, 0.25) is 10.0 Å². The number of halogens is 2. The highest BCUT2D eigenvalue weighted by molar-refractivity contribution is 6.35. The first-order valence-corrected chi connectivity index (χ1v) is 10.8. The third kappa shape index (κ3) is 7.22. The summed E-state index contributed by atoms with van der Waals surface area (Å²) in [5.74, 6) is 0.413. The molecule has 0 saturated carbocycles. The van der Waals surface area contributed by atoms with Gasteiger partial charge in [0.2, 0.25) is 5.91 Å². The fourth-order valence-electron chi connectivity index (χ4n) is 2.92. The average molecular weight is 451 g/mol. The first-order chi connectivity index (χ1) is 14.3. The molecule has 162 valence electrons. The van der Waals surface area contributed by atoms with Gasteiger partial charge in [0.1, 0.15) is 11.8 Å². The van der Waals surface area contributed by atoms with Gasteiger partial charge >= 0.3 is 0 Å². The molecular weight excluding hydrogens is 423 g/mol. The summed E-state index contributed by atoms with van der Waals surface area (Å²) in [6.07, 6.45) is 0.464. The molecule has 0 aliphatic carbocycles. The molecule has 1 N–H and O–H groups in total. The van der Waals surface area contributed by atoms with E-state index in [2.05, 4.69) is 5.32 Å². The molecule has 0 saturated heterocycles. The van der Waals surface area contributed by atoms with Crippen molar-refractivity contribution in [2.75, 3.05) is 13.2 Å². The van der Waals surface area contributed by atoms with E-state index in [1.165, 1.54) is 4.90 Å². The maximum Gasteiger partial charge on any atom is 0.261 e. The molecule has 7 heteroatoms. The number of para-hydroxylation sites is 1. The minimum Gasteiger partial charge on any atom is -0.484 e. The summed E-state index contributed by atoms with van der Waals surface area (Å²) >= 11 is 12.3. The van der Waals surface area contributed by atoms with E-state index in [-0.39, 0.29) is 25.0 Å². The number of hydrogen-bond acceptors (Lipinski definition) is 3. The number of ether oxygens (including phenoxy) is 1. The normalized spacial score (nSPS) is 11.8. The summed E-state index contributed by atoms with van der Waals surface area (Å²) in [5.41, 5.74) is 0.712. The summed E-state index contributed by atoms with van der Waals surface area (Å²) in [5, 5.41) is 3.88. The lowest BCUT2D eigenvalue weighted by Crippen LogP contribution is -2.50. The molecular formula is C23H28Cl2N2O3. The monoisotopic (exact) mass is 450 g/mol. The van der Waals surface area contributed by atoms with Gasteiger partial charge in [-0.1, -0.05) is 68.2 Å². The zero-order chi connectivity index (χ0) is 22.1. The second-order valence-corrected chi connectivity index (χ2v) is 8.27. The standard InChI is InChI=1S/C23H28Cl2N2O3/c1-4-21(23(29)26-13-16(2)3)27(14-17-10-11-18(24)12-20(17)25)22(28)15-30-19-8-6-5-7-9-19/h5-12,16,21H,4,13-15H2,1-3H3,(H,26,29)/t21-/m0/s1. The van der Waals surface area contributed by atoms with Crippen molar-refractivity contribution in [3.63, 3.8) is 0 Å². The number of amides is 2. The summed E-state index contributed by atoms with van der Waals surface area (Å²) in [4.78, 5) is 27.4. The third-order valence-electron chi connectivity index (χ3n) is 4.53. The largest absolute Gasteiger partial charge is 0.484 e. The Morgan fingerprint density at radius 1 is 1.10 bits per heavy atom. The molecule has 0 aliphatic rings. The van der Waals surface area contributed by atoms with Crippen molar-refractivity contribution >= 4 is 35.0 Å². The van der Waals surface area contributed by atoms with E-state index in [1.54, 1.807) is 30.3 Å². The van der Waals surface area contributed by atoms with Crippen molar-refractivity contribution in [1.29, 1.82) is 0 Å². The van der Waals surface area contributed by atoms with Crippen molar-refractivity contribution in [3.05, 3.63) is 64.1 Å². The first kappa shape index (κ1) is 24.0. The van der Waals surface area contributed by atoms with Crippen molar-refractivity contribution in [2.45, 2.75) is 39.8 Å². The highest BCUT2D eigenvalue weighted by Gasteiger charge is 2.29. The molecule has 2 aromatic rings. The van der Waals surface area contributed by atoms with Crippen LogP contribution in [0.3, 0.4) is 0 Å². The lowest BCUT2D eigenvalue weighted by molar-refractivity contribution is -0.143. The molecule has 5 nitrogen and oxygen atoms in total. The summed E-state index contributed by atoms with van der Waals surface area (Å²) in [6.45, 7) is 6.46. The van der Waals surface area contributed by atoms with Gasteiger partial charge in [0.15, 0.2) is 6.61 Å². The van der Waals surface area contributed by atoms with Crippen LogP contribution in [-0.4, -0.2) is 35.9 Å². The Labute approximate surface area is 188 Å². The lowest BCUT2D eigenvalue weighted by atomic mass is 10.1. The van der Waals surface area contributed by atoms with Crippen molar-refractivity contribution in [3.8, 4) is 5.75 Å². The van der Waals surface area contributed by atoms with Gasteiger partial charge in [-0.25, -0.2) is 0 Å². The van der Waals surface area contributed by atoms with Gasteiger partial charge < -0.3 is 15.0 Å². The molecule has 2 amide bonds. The molecule has 2 aromatic carbocycles. The highest BCUT2D eigenvalue weighted by atomic mass is 35.5. The predicted molar refractivity (Wildman–Crippen MR) is 121 cm³/mol. The molecule has 0 heterocycles. The van der Waals surface area contributed by atoms with E-state index in [9.17, 15) is 9.59 Å². The molecule has 0 radical (unpaired) electrons. The fourth-order valence-corrected chi connectivity index (χ4v) is 3.39. The zero-order valence-corrected chi connectivity index (χ0v) is 19.0. The van der Waals surface area contributed by atoms with Crippen LogP contribution in [0, 0.1) is 5.92 Å². The molecule has 0 fully saturated rings. The third-order valence-corrected chi connectivity index (χ3v) is 5.12. The topological polar surface area (TPSA) is 58.6 Å². The predicted octanol–water partition coefficient (Wildman–Crippen LogP) is 4.95. The number of rotatable bonds is 10. The van der Waals surface area contributed by atoms with E-state index >= 15 is 0 Å². The van der Waals surface area contributed by atoms with E-state index in [4.69, 9.17) is 27.9 Å². The van der Waals surface area contributed by atoms with Crippen molar-refractivity contribution < 1.29 is 14.3 Å². The van der Waals surface area contributed by atoms with Crippen molar-refractivity contribution in [2.24, 2.45) is 5.92 Å². The van der Waals surface area contributed by atoms with E-state index in [0.717, 1.165) is 0 Å².